The van der Waals surface area contributed by atoms with E-state index in [1.165, 1.54) is 5.56 Å². The molecule has 4 heterocycles. The monoisotopic (exact) mass is 387 g/mol. The summed E-state index contributed by atoms with van der Waals surface area (Å²) in [4.78, 5) is 28.9. The van der Waals surface area contributed by atoms with Crippen molar-refractivity contribution in [2.75, 3.05) is 57.4 Å². The van der Waals surface area contributed by atoms with E-state index in [1.54, 1.807) is 0 Å². The van der Waals surface area contributed by atoms with Crippen molar-refractivity contribution in [2.24, 2.45) is 5.92 Å². The Morgan fingerprint density at radius 1 is 1.07 bits per heavy atom. The number of piperidine rings is 2. The molecule has 4 rings (SSSR count). The molecular formula is C21H33N5O2. The molecule has 0 aromatic carbocycles. The molecular weight excluding hydrogens is 354 g/mol. The molecule has 28 heavy (non-hydrogen) atoms. The second-order valence-corrected chi connectivity index (χ2v) is 8.23. The average Bonchev–Trinajstić information content (AvgIpc) is 2.79. The van der Waals surface area contributed by atoms with Crippen LogP contribution in [0.15, 0.2) is 12.4 Å². The fourth-order valence-corrected chi connectivity index (χ4v) is 4.71. The minimum atomic E-state index is 0.162. The number of likely N-dealkylation sites (tertiary alicyclic amines) is 1. The standard InChI is InChI=1S/C21H33N5O2/c1-2-17-14-22-21(23-15-17)25-8-5-19(6-9-25)26-7-3-4-18(16-26)20(27)24-10-12-28-13-11-24/h14-15,18-19H,2-13,16H2,1H3. The molecule has 1 aromatic rings. The second-order valence-electron chi connectivity index (χ2n) is 8.23. The summed E-state index contributed by atoms with van der Waals surface area (Å²) in [6.45, 7) is 9.03. The lowest BCUT2D eigenvalue weighted by Crippen LogP contribution is -2.52. The molecule has 0 aliphatic carbocycles. The Morgan fingerprint density at radius 2 is 1.79 bits per heavy atom. The van der Waals surface area contributed by atoms with Gasteiger partial charge in [0.1, 0.15) is 0 Å². The third kappa shape index (κ3) is 4.46. The van der Waals surface area contributed by atoms with Crippen molar-refractivity contribution < 1.29 is 9.53 Å². The molecule has 1 amide bonds. The SMILES string of the molecule is CCc1cnc(N2CCC(N3CCCC(C(=O)N4CCOCC4)C3)CC2)nc1. The van der Waals surface area contributed by atoms with Gasteiger partial charge in [0.05, 0.1) is 19.1 Å². The van der Waals surface area contributed by atoms with E-state index < -0.39 is 0 Å². The normalized spacial score (nSPS) is 25.1. The fourth-order valence-electron chi connectivity index (χ4n) is 4.71. The summed E-state index contributed by atoms with van der Waals surface area (Å²) in [6.07, 6.45) is 9.27. The van der Waals surface area contributed by atoms with E-state index in [2.05, 4.69) is 26.7 Å². The highest BCUT2D eigenvalue weighted by molar-refractivity contribution is 5.79. The molecule has 1 unspecified atom stereocenters. The molecule has 7 nitrogen and oxygen atoms in total. The van der Waals surface area contributed by atoms with Crippen LogP contribution in [0.25, 0.3) is 0 Å². The van der Waals surface area contributed by atoms with Crippen LogP contribution in [0.2, 0.25) is 0 Å². The largest absolute Gasteiger partial charge is 0.378 e. The minimum Gasteiger partial charge on any atom is -0.378 e. The highest BCUT2D eigenvalue weighted by Gasteiger charge is 2.34. The molecule has 0 bridgehead atoms. The van der Waals surface area contributed by atoms with Gasteiger partial charge in [0.15, 0.2) is 0 Å². The highest BCUT2D eigenvalue weighted by Crippen LogP contribution is 2.26. The molecule has 154 valence electrons. The molecule has 0 radical (unpaired) electrons. The minimum absolute atomic E-state index is 0.162. The number of aryl methyl sites for hydroxylation is 1. The van der Waals surface area contributed by atoms with Gasteiger partial charge in [0, 0.05) is 51.2 Å². The van der Waals surface area contributed by atoms with Crippen molar-refractivity contribution in [1.82, 2.24) is 19.8 Å². The van der Waals surface area contributed by atoms with Crippen molar-refractivity contribution in [3.63, 3.8) is 0 Å². The average molecular weight is 388 g/mol. The Labute approximate surface area is 168 Å². The van der Waals surface area contributed by atoms with Gasteiger partial charge < -0.3 is 14.5 Å². The van der Waals surface area contributed by atoms with E-state index in [-0.39, 0.29) is 5.92 Å². The number of anilines is 1. The summed E-state index contributed by atoms with van der Waals surface area (Å²) in [5.41, 5.74) is 1.18. The summed E-state index contributed by atoms with van der Waals surface area (Å²) in [5, 5.41) is 0. The number of rotatable bonds is 4. The fraction of sp³-hybridized carbons (Fsp3) is 0.762. The van der Waals surface area contributed by atoms with Crippen LogP contribution in [-0.4, -0.2) is 84.2 Å². The van der Waals surface area contributed by atoms with Crippen molar-refractivity contribution in [1.29, 1.82) is 0 Å². The lowest BCUT2D eigenvalue weighted by Gasteiger charge is -2.43. The Balaban J connectivity index is 1.29. The first-order valence-electron chi connectivity index (χ1n) is 10.9. The Bertz CT molecular complexity index is 639. The number of aromatic nitrogens is 2. The van der Waals surface area contributed by atoms with Crippen molar-refractivity contribution in [2.45, 2.75) is 45.1 Å². The van der Waals surface area contributed by atoms with Crippen molar-refractivity contribution in [3.05, 3.63) is 18.0 Å². The van der Waals surface area contributed by atoms with E-state index >= 15 is 0 Å². The molecule has 3 aliphatic heterocycles. The van der Waals surface area contributed by atoms with E-state index in [1.807, 2.05) is 17.3 Å². The van der Waals surface area contributed by atoms with Gasteiger partial charge in [-0.1, -0.05) is 6.92 Å². The smallest absolute Gasteiger partial charge is 0.227 e. The van der Waals surface area contributed by atoms with Gasteiger partial charge in [0.25, 0.3) is 0 Å². The van der Waals surface area contributed by atoms with Crippen LogP contribution in [0.5, 0.6) is 0 Å². The van der Waals surface area contributed by atoms with E-state index in [4.69, 9.17) is 4.74 Å². The number of hydrogen-bond acceptors (Lipinski definition) is 6. The highest BCUT2D eigenvalue weighted by atomic mass is 16.5. The van der Waals surface area contributed by atoms with Crippen LogP contribution in [0.4, 0.5) is 5.95 Å². The maximum Gasteiger partial charge on any atom is 0.227 e. The molecule has 0 spiro atoms. The van der Waals surface area contributed by atoms with Crippen LogP contribution in [0, 0.1) is 5.92 Å². The maximum absolute atomic E-state index is 12.9. The van der Waals surface area contributed by atoms with Crippen LogP contribution in [-0.2, 0) is 16.0 Å². The topological polar surface area (TPSA) is 61.8 Å². The molecule has 1 atom stereocenters. The number of amides is 1. The van der Waals surface area contributed by atoms with Gasteiger partial charge in [-0.25, -0.2) is 9.97 Å². The first-order chi connectivity index (χ1) is 13.7. The predicted molar refractivity (Wildman–Crippen MR) is 108 cm³/mol. The van der Waals surface area contributed by atoms with Crippen LogP contribution < -0.4 is 4.90 Å². The number of carbonyl (C=O) groups excluding carboxylic acids is 1. The van der Waals surface area contributed by atoms with Crippen LogP contribution >= 0.6 is 0 Å². The molecule has 7 heteroatoms. The number of ether oxygens (including phenoxy) is 1. The molecule has 3 saturated heterocycles. The number of morpholine rings is 1. The van der Waals surface area contributed by atoms with Crippen LogP contribution in [0.1, 0.15) is 38.2 Å². The van der Waals surface area contributed by atoms with Gasteiger partial charge in [0.2, 0.25) is 11.9 Å². The van der Waals surface area contributed by atoms with Crippen molar-refractivity contribution >= 4 is 11.9 Å². The zero-order valence-electron chi connectivity index (χ0n) is 17.1. The van der Waals surface area contributed by atoms with Gasteiger partial charge >= 0.3 is 0 Å². The summed E-state index contributed by atoms with van der Waals surface area (Å²) in [7, 11) is 0. The molecule has 0 N–H and O–H groups in total. The quantitative estimate of drug-likeness (QED) is 0.782. The molecule has 1 aromatic heterocycles. The van der Waals surface area contributed by atoms with Crippen molar-refractivity contribution in [3.8, 4) is 0 Å². The Kier molecular flexibility index (Phi) is 6.42. The number of carbonyl (C=O) groups is 1. The zero-order chi connectivity index (χ0) is 19.3. The molecule has 3 aliphatic rings. The third-order valence-electron chi connectivity index (χ3n) is 6.49. The van der Waals surface area contributed by atoms with Gasteiger partial charge in [-0.2, -0.15) is 0 Å². The Hall–Kier alpha value is -1.73. The van der Waals surface area contributed by atoms with Gasteiger partial charge in [-0.05, 0) is 44.2 Å². The Morgan fingerprint density at radius 3 is 2.46 bits per heavy atom. The number of hydrogen-bond donors (Lipinski definition) is 0. The first kappa shape index (κ1) is 19.6. The predicted octanol–water partition coefficient (Wildman–Crippen LogP) is 1.58. The molecule has 3 fully saturated rings. The van der Waals surface area contributed by atoms with Crippen LogP contribution in [0.3, 0.4) is 0 Å². The lowest BCUT2D eigenvalue weighted by molar-refractivity contribution is -0.141. The zero-order valence-corrected chi connectivity index (χ0v) is 17.1. The maximum atomic E-state index is 12.9. The summed E-state index contributed by atoms with van der Waals surface area (Å²) in [5.74, 6) is 1.36. The van der Waals surface area contributed by atoms with E-state index in [0.717, 1.165) is 77.3 Å². The molecule has 0 saturated carbocycles. The summed E-state index contributed by atoms with van der Waals surface area (Å²) < 4.78 is 5.39. The van der Waals surface area contributed by atoms with E-state index in [0.29, 0.717) is 25.2 Å². The summed E-state index contributed by atoms with van der Waals surface area (Å²) in [6, 6.07) is 0.575. The van der Waals surface area contributed by atoms with E-state index in [9.17, 15) is 4.79 Å². The third-order valence-corrected chi connectivity index (χ3v) is 6.49. The first-order valence-corrected chi connectivity index (χ1v) is 10.9. The van der Waals surface area contributed by atoms with Gasteiger partial charge in [-0.15, -0.1) is 0 Å². The van der Waals surface area contributed by atoms with Gasteiger partial charge in [-0.3, -0.25) is 9.69 Å². The summed E-state index contributed by atoms with van der Waals surface area (Å²) >= 11 is 0. The number of nitrogens with zero attached hydrogens (tertiary/aromatic N) is 5. The second kappa shape index (κ2) is 9.18. The lowest BCUT2D eigenvalue weighted by atomic mass is 9.92.